The number of carbonyl (C=O) groups is 3. The average molecular weight is 517 g/mol. The highest BCUT2D eigenvalue weighted by Gasteiger charge is 2.66. The summed E-state index contributed by atoms with van der Waals surface area (Å²) < 4.78 is 9.53. The Labute approximate surface area is 197 Å². The van der Waals surface area contributed by atoms with Crippen LogP contribution in [0.4, 0.5) is 0 Å². The van der Waals surface area contributed by atoms with Gasteiger partial charge in [-0.15, -0.1) is 33.7 Å². The molecule has 0 aliphatic carbocycles. The Morgan fingerprint density at radius 3 is 2.97 bits per heavy atom. The number of aliphatic carboxylic acids is 1. The van der Waals surface area contributed by atoms with Gasteiger partial charge < -0.3 is 15.2 Å². The maximum absolute atomic E-state index is 13.0. The zero-order chi connectivity index (χ0) is 22.7. The Morgan fingerprint density at radius 1 is 1.47 bits per heavy atom. The van der Waals surface area contributed by atoms with E-state index in [1.165, 1.54) is 70.0 Å². The smallest absolute Gasteiger partial charge is 0.352 e. The molecule has 170 valence electrons. The largest absolute Gasteiger partial charge is 0.477 e. The van der Waals surface area contributed by atoms with Gasteiger partial charge in [0.1, 0.15) is 22.5 Å². The van der Waals surface area contributed by atoms with Crippen LogP contribution < -0.4 is 5.32 Å². The first-order valence-electron chi connectivity index (χ1n) is 8.90. The van der Waals surface area contributed by atoms with E-state index in [0.717, 1.165) is 0 Å². The van der Waals surface area contributed by atoms with Gasteiger partial charge in [-0.05, 0) is 22.3 Å². The number of fused-ring (bicyclic) bond motifs is 1. The van der Waals surface area contributed by atoms with Crippen molar-refractivity contribution in [3.63, 3.8) is 0 Å². The molecular formula is C15H16N8O5S4. The highest BCUT2D eigenvalue weighted by Crippen LogP contribution is 2.47. The van der Waals surface area contributed by atoms with Crippen LogP contribution in [0.15, 0.2) is 28.3 Å². The molecule has 2 aromatic rings. The van der Waals surface area contributed by atoms with Crippen LogP contribution in [0.3, 0.4) is 0 Å². The molecule has 4 rings (SSSR count). The fourth-order valence-electron chi connectivity index (χ4n) is 3.14. The minimum atomic E-state index is -1.62. The van der Waals surface area contributed by atoms with E-state index in [-0.39, 0.29) is 11.4 Å². The predicted octanol–water partition coefficient (Wildman–Crippen LogP) is -0.280. The first-order chi connectivity index (χ1) is 15.5. The van der Waals surface area contributed by atoms with E-state index in [1.807, 2.05) is 0 Å². The summed E-state index contributed by atoms with van der Waals surface area (Å²) in [5.74, 6) is -1.23. The van der Waals surface area contributed by atoms with Crippen molar-refractivity contribution in [2.45, 2.75) is 22.1 Å². The molecule has 2 aliphatic rings. The van der Waals surface area contributed by atoms with Crippen molar-refractivity contribution >= 4 is 64.6 Å². The Balaban J connectivity index is 1.43. The third kappa shape index (κ3) is 4.34. The molecule has 2 aliphatic heterocycles. The number of hydrogen-bond donors (Lipinski definition) is 2. The summed E-state index contributed by atoms with van der Waals surface area (Å²) in [5, 5.41) is 23.4. The summed E-state index contributed by atoms with van der Waals surface area (Å²) in [6, 6.07) is 0. The minimum absolute atomic E-state index is 0.0292. The van der Waals surface area contributed by atoms with E-state index < -0.39 is 28.9 Å². The molecule has 17 heteroatoms. The quantitative estimate of drug-likeness (QED) is 0.241. The first-order valence-corrected chi connectivity index (χ1v) is 12.9. The molecule has 0 saturated carbocycles. The Bertz CT molecular complexity index is 1030. The number of thioether (sulfide) groups is 3. The van der Waals surface area contributed by atoms with Crippen LogP contribution in [0.5, 0.6) is 0 Å². The van der Waals surface area contributed by atoms with Crippen molar-refractivity contribution in [1.29, 1.82) is 0 Å². The molecule has 2 amide bonds. The van der Waals surface area contributed by atoms with Gasteiger partial charge >= 0.3 is 5.97 Å². The lowest BCUT2D eigenvalue weighted by molar-refractivity contribution is -0.192. The summed E-state index contributed by atoms with van der Waals surface area (Å²) in [5.41, 5.74) is 0.466. The van der Waals surface area contributed by atoms with Gasteiger partial charge in [0.05, 0.1) is 5.75 Å². The molecule has 32 heavy (non-hydrogen) atoms. The molecule has 1 fully saturated rings. The van der Waals surface area contributed by atoms with Gasteiger partial charge in [-0.25, -0.2) is 9.78 Å². The molecule has 0 bridgehead atoms. The number of carbonyl (C=O) groups excluding carboxylic acids is 2. The van der Waals surface area contributed by atoms with Crippen molar-refractivity contribution in [1.82, 2.24) is 39.8 Å². The second-order valence-corrected chi connectivity index (χ2v) is 9.94. The zero-order valence-electron chi connectivity index (χ0n) is 16.4. The maximum Gasteiger partial charge on any atom is 0.352 e. The van der Waals surface area contributed by atoms with Crippen LogP contribution in [0.1, 0.15) is 0 Å². The van der Waals surface area contributed by atoms with Crippen LogP contribution in [-0.2, 0) is 25.0 Å². The third-order valence-corrected chi connectivity index (χ3v) is 8.30. The second-order valence-electron chi connectivity index (χ2n) is 6.37. The molecule has 2 aromatic heterocycles. The van der Waals surface area contributed by atoms with Gasteiger partial charge in [-0.3, -0.25) is 14.5 Å². The number of rotatable bonds is 10. The summed E-state index contributed by atoms with van der Waals surface area (Å²) in [4.78, 5) is 44.1. The number of nitrogens with zero attached hydrogens (tertiary/aromatic N) is 7. The SMILES string of the molecule is COC1(NC(=O)CSCn2ncnn2)C(=O)N2C(C(=O)O)=C(CSc3ncsn3)CSC21. The van der Waals surface area contributed by atoms with Crippen LogP contribution in [0, 0.1) is 0 Å². The normalized spacial score (nSPS) is 22.5. The minimum Gasteiger partial charge on any atom is -0.477 e. The zero-order valence-corrected chi connectivity index (χ0v) is 19.7. The molecule has 0 aromatic carbocycles. The van der Waals surface area contributed by atoms with E-state index in [9.17, 15) is 19.5 Å². The van der Waals surface area contributed by atoms with E-state index in [2.05, 4.69) is 30.1 Å². The van der Waals surface area contributed by atoms with Crippen LogP contribution in [0.25, 0.3) is 0 Å². The average Bonchev–Trinajstić information content (AvgIpc) is 3.49. The number of ether oxygens (including phenoxy) is 1. The van der Waals surface area contributed by atoms with Crippen LogP contribution >= 0.6 is 46.8 Å². The lowest BCUT2D eigenvalue weighted by Gasteiger charge is -2.55. The van der Waals surface area contributed by atoms with Gasteiger partial charge in [0, 0.05) is 18.6 Å². The van der Waals surface area contributed by atoms with Crippen molar-refractivity contribution in [2.24, 2.45) is 0 Å². The number of β-lactam (4-membered cyclic amide) rings is 1. The van der Waals surface area contributed by atoms with Gasteiger partial charge in [0.15, 0.2) is 11.5 Å². The van der Waals surface area contributed by atoms with Crippen LogP contribution in [-0.4, -0.2) is 92.8 Å². The van der Waals surface area contributed by atoms with Crippen LogP contribution in [0.2, 0.25) is 0 Å². The summed E-state index contributed by atoms with van der Waals surface area (Å²) in [6.45, 7) is 0. The number of carboxylic acid groups (broad SMARTS) is 1. The lowest BCUT2D eigenvalue weighted by atomic mass is 9.98. The molecule has 2 N–H and O–H groups in total. The highest BCUT2D eigenvalue weighted by molar-refractivity contribution is 8.01. The predicted molar refractivity (Wildman–Crippen MR) is 117 cm³/mol. The van der Waals surface area contributed by atoms with E-state index >= 15 is 0 Å². The summed E-state index contributed by atoms with van der Waals surface area (Å²) in [6.07, 6.45) is 1.29. The Kier molecular flexibility index (Phi) is 6.99. The molecule has 0 spiro atoms. The number of tetrazole rings is 1. The molecule has 0 radical (unpaired) electrons. The van der Waals surface area contributed by atoms with Crippen molar-refractivity contribution in [2.75, 3.05) is 24.4 Å². The van der Waals surface area contributed by atoms with Crippen molar-refractivity contribution < 1.29 is 24.2 Å². The topological polar surface area (TPSA) is 165 Å². The Morgan fingerprint density at radius 2 is 2.31 bits per heavy atom. The van der Waals surface area contributed by atoms with Crippen molar-refractivity contribution in [3.05, 3.63) is 23.1 Å². The fourth-order valence-corrected chi connectivity index (χ4v) is 6.75. The van der Waals surface area contributed by atoms with E-state index in [4.69, 9.17) is 4.74 Å². The molecular weight excluding hydrogens is 500 g/mol. The highest BCUT2D eigenvalue weighted by atomic mass is 32.2. The van der Waals surface area contributed by atoms with Gasteiger partial charge in [0.25, 0.3) is 11.6 Å². The number of methoxy groups -OCH3 is 1. The van der Waals surface area contributed by atoms with Crippen molar-refractivity contribution in [3.8, 4) is 0 Å². The fraction of sp³-hybridized carbons (Fsp3) is 0.467. The molecule has 2 unspecified atom stereocenters. The standard InChI is InChI=1S/C15H16N8O5S4/c1-28-15(19-9(24)4-29-7-22-18-5-17-21-22)12(27)23-10(11(25)26)8(2-30-13(15)23)3-31-14-16-6-32-20-14/h5-6,13H,2-4,7H2,1H3,(H,19,24)(H,25,26). The summed E-state index contributed by atoms with van der Waals surface area (Å²) >= 11 is 5.07. The first kappa shape index (κ1) is 23.0. The third-order valence-electron chi connectivity index (χ3n) is 4.51. The number of hydrogen-bond acceptors (Lipinski definition) is 13. The van der Waals surface area contributed by atoms with E-state index in [0.29, 0.717) is 28.1 Å². The monoisotopic (exact) mass is 516 g/mol. The molecule has 2 atom stereocenters. The van der Waals surface area contributed by atoms with Gasteiger partial charge in [-0.2, -0.15) is 9.17 Å². The number of nitrogens with one attached hydrogen (secondary N) is 1. The number of amides is 2. The Hall–Kier alpha value is -2.21. The maximum atomic E-state index is 13.0. The van der Waals surface area contributed by atoms with Gasteiger partial charge in [0.2, 0.25) is 5.91 Å². The summed E-state index contributed by atoms with van der Waals surface area (Å²) in [7, 11) is 1.31. The number of aromatic nitrogens is 6. The number of carboxylic acids is 1. The van der Waals surface area contributed by atoms with E-state index in [1.54, 1.807) is 5.51 Å². The molecule has 13 nitrogen and oxygen atoms in total. The van der Waals surface area contributed by atoms with Gasteiger partial charge in [-0.1, -0.05) is 11.8 Å². The second kappa shape index (κ2) is 9.74. The molecule has 4 heterocycles. The lowest BCUT2D eigenvalue weighted by Crippen LogP contribution is -2.80. The molecule has 1 saturated heterocycles.